The molecule has 0 aromatic rings. The molecule has 3 heteroatoms. The van der Waals surface area contributed by atoms with E-state index in [-0.39, 0.29) is 17.1 Å². The highest BCUT2D eigenvalue weighted by atomic mass is 16.2. The first kappa shape index (κ1) is 12.2. The Morgan fingerprint density at radius 3 is 2.07 bits per heavy atom. The molecule has 1 aliphatic rings. The normalized spacial score (nSPS) is 18.5. The van der Waals surface area contributed by atoms with Crippen molar-refractivity contribution in [3.05, 3.63) is 0 Å². The monoisotopic (exact) mass is 211 g/mol. The van der Waals surface area contributed by atoms with Crippen molar-refractivity contribution < 1.29 is 9.59 Å². The van der Waals surface area contributed by atoms with Gasteiger partial charge in [0.15, 0.2) is 5.78 Å². The molecule has 0 radical (unpaired) electrons. The SMILES string of the molecule is CC(C)(C)C(C)(C)C(=O)N1CCC(=O)C1. The van der Waals surface area contributed by atoms with E-state index >= 15 is 0 Å². The maximum absolute atomic E-state index is 12.2. The number of rotatable bonds is 1. The molecule has 1 fully saturated rings. The minimum absolute atomic E-state index is 0.0876. The number of carbonyl (C=O) groups is 2. The van der Waals surface area contributed by atoms with Crippen molar-refractivity contribution in [2.24, 2.45) is 10.8 Å². The van der Waals surface area contributed by atoms with Gasteiger partial charge in [-0.1, -0.05) is 34.6 Å². The van der Waals surface area contributed by atoms with Crippen LogP contribution in [0.3, 0.4) is 0 Å². The minimum Gasteiger partial charge on any atom is -0.334 e. The zero-order valence-corrected chi connectivity index (χ0v) is 10.4. The van der Waals surface area contributed by atoms with Crippen LogP contribution in [0.4, 0.5) is 0 Å². The van der Waals surface area contributed by atoms with E-state index in [0.29, 0.717) is 19.5 Å². The van der Waals surface area contributed by atoms with Crippen LogP contribution in [0.2, 0.25) is 0 Å². The molecule has 1 saturated heterocycles. The summed E-state index contributed by atoms with van der Waals surface area (Å²) in [7, 11) is 0. The predicted octanol–water partition coefficient (Wildman–Crippen LogP) is 1.86. The number of nitrogens with zero attached hydrogens (tertiary/aromatic N) is 1. The summed E-state index contributed by atoms with van der Waals surface area (Å²) in [5.41, 5.74) is -0.507. The van der Waals surface area contributed by atoms with Gasteiger partial charge in [-0.05, 0) is 5.41 Å². The Balaban J connectivity index is 2.80. The number of ketones is 1. The van der Waals surface area contributed by atoms with Crippen molar-refractivity contribution in [3.8, 4) is 0 Å². The summed E-state index contributed by atoms with van der Waals surface area (Å²) in [6, 6.07) is 0. The first-order valence-electron chi connectivity index (χ1n) is 5.47. The van der Waals surface area contributed by atoms with Crippen LogP contribution in [-0.4, -0.2) is 29.7 Å². The van der Waals surface area contributed by atoms with E-state index in [2.05, 4.69) is 20.8 Å². The number of hydrogen-bond donors (Lipinski definition) is 0. The molecule has 0 unspecified atom stereocenters. The maximum Gasteiger partial charge on any atom is 0.229 e. The van der Waals surface area contributed by atoms with Crippen LogP contribution in [0.5, 0.6) is 0 Å². The number of carbonyl (C=O) groups excluding carboxylic acids is 2. The highest BCUT2D eigenvalue weighted by Crippen LogP contribution is 2.39. The summed E-state index contributed by atoms with van der Waals surface area (Å²) in [5.74, 6) is 0.272. The second kappa shape index (κ2) is 3.62. The van der Waals surface area contributed by atoms with Crippen LogP contribution in [0, 0.1) is 10.8 Å². The third kappa shape index (κ3) is 2.21. The molecule has 0 atom stereocenters. The van der Waals surface area contributed by atoms with Gasteiger partial charge in [0.05, 0.1) is 6.54 Å². The molecular formula is C12H21NO2. The first-order valence-corrected chi connectivity index (χ1v) is 5.47. The van der Waals surface area contributed by atoms with Gasteiger partial charge in [0.25, 0.3) is 0 Å². The van der Waals surface area contributed by atoms with E-state index in [0.717, 1.165) is 0 Å². The number of Topliss-reactive ketones (excluding diaryl/α,β-unsaturated/α-hetero) is 1. The predicted molar refractivity (Wildman–Crippen MR) is 59.4 cm³/mol. The second-order valence-electron chi connectivity index (χ2n) is 5.89. The Bertz CT molecular complexity index is 286. The van der Waals surface area contributed by atoms with Crippen LogP contribution in [-0.2, 0) is 9.59 Å². The van der Waals surface area contributed by atoms with Crippen molar-refractivity contribution in [1.82, 2.24) is 4.90 Å². The van der Waals surface area contributed by atoms with E-state index in [9.17, 15) is 9.59 Å². The largest absolute Gasteiger partial charge is 0.334 e. The molecule has 1 aliphatic heterocycles. The van der Waals surface area contributed by atoms with Crippen molar-refractivity contribution in [2.45, 2.75) is 41.0 Å². The quantitative estimate of drug-likeness (QED) is 0.664. The van der Waals surface area contributed by atoms with Gasteiger partial charge in [-0.25, -0.2) is 0 Å². The molecule has 0 aromatic heterocycles. The molecule has 0 saturated carbocycles. The van der Waals surface area contributed by atoms with Crippen LogP contribution < -0.4 is 0 Å². The van der Waals surface area contributed by atoms with E-state index < -0.39 is 5.41 Å². The second-order valence-corrected chi connectivity index (χ2v) is 5.89. The van der Waals surface area contributed by atoms with Gasteiger partial charge in [-0.15, -0.1) is 0 Å². The van der Waals surface area contributed by atoms with Crippen LogP contribution in [0.1, 0.15) is 41.0 Å². The molecule has 86 valence electrons. The van der Waals surface area contributed by atoms with Gasteiger partial charge in [0.1, 0.15) is 0 Å². The summed E-state index contributed by atoms with van der Waals surface area (Å²) < 4.78 is 0. The van der Waals surface area contributed by atoms with E-state index in [1.807, 2.05) is 13.8 Å². The fraction of sp³-hybridized carbons (Fsp3) is 0.833. The molecule has 0 aromatic carbocycles. The molecule has 1 heterocycles. The van der Waals surface area contributed by atoms with Gasteiger partial charge in [0.2, 0.25) is 5.91 Å². The fourth-order valence-electron chi connectivity index (χ4n) is 1.52. The van der Waals surface area contributed by atoms with Gasteiger partial charge in [-0.2, -0.15) is 0 Å². The van der Waals surface area contributed by atoms with Gasteiger partial charge < -0.3 is 4.90 Å². The summed E-state index contributed by atoms with van der Waals surface area (Å²) in [4.78, 5) is 25.1. The topological polar surface area (TPSA) is 37.4 Å². The molecule has 0 bridgehead atoms. The van der Waals surface area contributed by atoms with Crippen molar-refractivity contribution in [3.63, 3.8) is 0 Å². The Morgan fingerprint density at radius 1 is 1.20 bits per heavy atom. The molecule has 3 nitrogen and oxygen atoms in total. The molecule has 0 aliphatic carbocycles. The van der Waals surface area contributed by atoms with Gasteiger partial charge >= 0.3 is 0 Å². The fourth-order valence-corrected chi connectivity index (χ4v) is 1.52. The van der Waals surface area contributed by atoms with Crippen molar-refractivity contribution in [1.29, 1.82) is 0 Å². The van der Waals surface area contributed by atoms with E-state index in [4.69, 9.17) is 0 Å². The molecule has 0 spiro atoms. The smallest absolute Gasteiger partial charge is 0.229 e. The van der Waals surface area contributed by atoms with E-state index in [1.165, 1.54) is 0 Å². The van der Waals surface area contributed by atoms with Crippen LogP contribution in [0.25, 0.3) is 0 Å². The molecule has 15 heavy (non-hydrogen) atoms. The molecular weight excluding hydrogens is 190 g/mol. The Hall–Kier alpha value is -0.860. The molecule has 1 rings (SSSR count). The zero-order valence-electron chi connectivity index (χ0n) is 10.4. The summed E-state index contributed by atoms with van der Waals surface area (Å²) in [6.45, 7) is 11.0. The third-order valence-electron chi connectivity index (χ3n) is 3.72. The van der Waals surface area contributed by atoms with Crippen LogP contribution in [0.15, 0.2) is 0 Å². The Morgan fingerprint density at radius 2 is 1.73 bits per heavy atom. The number of amides is 1. The third-order valence-corrected chi connectivity index (χ3v) is 3.72. The lowest BCUT2D eigenvalue weighted by Gasteiger charge is -2.39. The van der Waals surface area contributed by atoms with E-state index in [1.54, 1.807) is 4.90 Å². The average Bonchev–Trinajstić information content (AvgIpc) is 2.48. The van der Waals surface area contributed by atoms with Crippen molar-refractivity contribution in [2.75, 3.05) is 13.1 Å². The molecule has 1 amide bonds. The van der Waals surface area contributed by atoms with Gasteiger partial charge in [-0.3, -0.25) is 9.59 Å². The Kier molecular flexibility index (Phi) is 2.94. The molecule has 0 N–H and O–H groups in total. The first-order chi connectivity index (χ1) is 6.66. The zero-order chi connectivity index (χ0) is 11.9. The van der Waals surface area contributed by atoms with Gasteiger partial charge in [0, 0.05) is 18.4 Å². The maximum atomic E-state index is 12.2. The Labute approximate surface area is 91.8 Å². The lowest BCUT2D eigenvalue weighted by molar-refractivity contribution is -0.145. The van der Waals surface area contributed by atoms with Crippen molar-refractivity contribution >= 4 is 11.7 Å². The highest BCUT2D eigenvalue weighted by molar-refractivity contribution is 5.91. The standard InChI is InChI=1S/C12H21NO2/c1-11(2,3)12(4,5)10(15)13-7-6-9(14)8-13/h6-8H2,1-5H3. The summed E-state index contributed by atoms with van der Waals surface area (Å²) in [6.07, 6.45) is 0.520. The lowest BCUT2D eigenvalue weighted by atomic mass is 9.68. The summed E-state index contributed by atoms with van der Waals surface area (Å²) in [5, 5.41) is 0. The lowest BCUT2D eigenvalue weighted by Crippen LogP contribution is -2.46. The number of likely N-dealkylation sites (tertiary alicyclic amines) is 1. The minimum atomic E-state index is -0.419. The number of hydrogen-bond acceptors (Lipinski definition) is 2. The average molecular weight is 211 g/mol. The van der Waals surface area contributed by atoms with Crippen LogP contribution >= 0.6 is 0 Å². The highest BCUT2D eigenvalue weighted by Gasteiger charge is 2.43. The summed E-state index contributed by atoms with van der Waals surface area (Å²) >= 11 is 0.